The number of hydrogen-bond donors (Lipinski definition) is 0. The van der Waals surface area contributed by atoms with E-state index in [-0.39, 0.29) is 5.97 Å². The smallest absolute Gasteiger partial charge is 0.337 e. The van der Waals surface area contributed by atoms with Crippen molar-refractivity contribution in [3.63, 3.8) is 0 Å². The molecule has 38 heavy (non-hydrogen) atoms. The highest BCUT2D eigenvalue weighted by Crippen LogP contribution is 2.37. The molecule has 0 aliphatic rings. The van der Waals surface area contributed by atoms with Gasteiger partial charge in [0.1, 0.15) is 0 Å². The average molecular weight is 499 g/mol. The molecule has 0 aliphatic heterocycles. The Kier molecular flexibility index (Phi) is 7.38. The third-order valence-corrected chi connectivity index (χ3v) is 7.09. The Labute approximate surface area is 223 Å². The molecule has 1 aromatic heterocycles. The van der Waals surface area contributed by atoms with Gasteiger partial charge in [0, 0.05) is 17.4 Å². The fourth-order valence-electron chi connectivity index (χ4n) is 5.12. The molecule has 0 bridgehead atoms. The summed E-state index contributed by atoms with van der Waals surface area (Å²) in [6.07, 6.45) is 2.07. The monoisotopic (exact) mass is 498 g/mol. The van der Waals surface area contributed by atoms with Gasteiger partial charge in [-0.05, 0) is 65.8 Å². The zero-order valence-corrected chi connectivity index (χ0v) is 21.8. The quantitative estimate of drug-likeness (QED) is 0.205. The Hall–Kier alpha value is -4.62. The van der Waals surface area contributed by atoms with Gasteiger partial charge in [-0.1, -0.05) is 84.4 Å². The summed E-state index contributed by atoms with van der Waals surface area (Å²) in [7, 11) is 1.41. The number of nitriles is 1. The molecule has 4 nitrogen and oxygen atoms in total. The van der Waals surface area contributed by atoms with Crippen molar-refractivity contribution in [1.29, 1.82) is 5.26 Å². The fraction of sp³-hybridized carbons (Fsp3) is 0.176. The molecule has 0 saturated carbocycles. The number of aryl methyl sites for hydroxylation is 4. The topological polar surface area (TPSA) is 55.0 Å². The van der Waals surface area contributed by atoms with E-state index in [4.69, 9.17) is 4.74 Å². The first-order valence-corrected chi connectivity index (χ1v) is 12.9. The van der Waals surface area contributed by atoms with E-state index in [1.165, 1.54) is 29.4 Å². The Balaban J connectivity index is 1.66. The highest BCUT2D eigenvalue weighted by atomic mass is 16.5. The van der Waals surface area contributed by atoms with Crippen LogP contribution in [0.15, 0.2) is 97.1 Å². The second kappa shape index (κ2) is 11.2. The minimum atomic E-state index is -0.352. The molecule has 5 aromatic rings. The number of fused-ring (bicyclic) bond motifs is 1. The third kappa shape index (κ3) is 5.10. The summed E-state index contributed by atoms with van der Waals surface area (Å²) < 4.78 is 7.26. The largest absolute Gasteiger partial charge is 0.465 e. The Bertz CT molecular complexity index is 1610. The summed E-state index contributed by atoms with van der Waals surface area (Å²) in [5.41, 5.74) is 9.76. The zero-order valence-electron chi connectivity index (χ0n) is 21.8. The highest BCUT2D eigenvalue weighted by Gasteiger charge is 2.20. The molecule has 188 valence electrons. The first-order chi connectivity index (χ1) is 18.6. The van der Waals surface area contributed by atoms with Crippen molar-refractivity contribution < 1.29 is 9.53 Å². The number of rotatable bonds is 8. The zero-order chi connectivity index (χ0) is 26.5. The van der Waals surface area contributed by atoms with Crippen LogP contribution in [0.1, 0.15) is 33.5 Å². The van der Waals surface area contributed by atoms with Crippen molar-refractivity contribution in [3.05, 3.63) is 119 Å². The molecule has 0 spiro atoms. The van der Waals surface area contributed by atoms with Gasteiger partial charge in [-0.3, -0.25) is 0 Å². The average Bonchev–Trinajstić information content (AvgIpc) is 3.28. The van der Waals surface area contributed by atoms with Gasteiger partial charge < -0.3 is 9.30 Å². The highest BCUT2D eigenvalue weighted by molar-refractivity contribution is 5.99. The van der Waals surface area contributed by atoms with E-state index in [1.807, 2.05) is 36.4 Å². The molecule has 1 heterocycles. The molecule has 0 saturated heterocycles. The second-order valence-electron chi connectivity index (χ2n) is 9.54. The van der Waals surface area contributed by atoms with Crippen LogP contribution in [0, 0.1) is 18.3 Å². The maximum Gasteiger partial charge on any atom is 0.337 e. The van der Waals surface area contributed by atoms with Crippen LogP contribution in [0.5, 0.6) is 0 Å². The molecule has 0 aliphatic carbocycles. The van der Waals surface area contributed by atoms with Gasteiger partial charge in [-0.2, -0.15) is 5.26 Å². The van der Waals surface area contributed by atoms with E-state index in [2.05, 4.69) is 78.2 Å². The van der Waals surface area contributed by atoms with Gasteiger partial charge in [-0.25, -0.2) is 4.79 Å². The van der Waals surface area contributed by atoms with Crippen molar-refractivity contribution in [2.45, 2.75) is 32.7 Å². The summed E-state index contributed by atoms with van der Waals surface area (Å²) in [6, 6.07) is 35.7. The molecule has 0 amide bonds. The van der Waals surface area contributed by atoms with E-state index in [9.17, 15) is 10.1 Å². The number of esters is 1. The van der Waals surface area contributed by atoms with Crippen LogP contribution < -0.4 is 0 Å². The molecule has 4 aromatic carbocycles. The first-order valence-electron chi connectivity index (χ1n) is 12.9. The lowest BCUT2D eigenvalue weighted by Gasteiger charge is -2.13. The molecule has 0 unspecified atom stereocenters. The van der Waals surface area contributed by atoms with Crippen molar-refractivity contribution in [2.24, 2.45) is 0 Å². The van der Waals surface area contributed by atoms with Crippen molar-refractivity contribution in [2.75, 3.05) is 7.11 Å². The van der Waals surface area contributed by atoms with Crippen molar-refractivity contribution >= 4 is 16.9 Å². The Morgan fingerprint density at radius 2 is 1.53 bits per heavy atom. The van der Waals surface area contributed by atoms with Crippen LogP contribution in [0.2, 0.25) is 0 Å². The van der Waals surface area contributed by atoms with Gasteiger partial charge in [-0.15, -0.1) is 0 Å². The molecule has 0 radical (unpaired) electrons. The molecular weight excluding hydrogens is 468 g/mol. The first kappa shape index (κ1) is 25.0. The van der Waals surface area contributed by atoms with Crippen LogP contribution >= 0.6 is 0 Å². The molecule has 4 heteroatoms. The second-order valence-corrected chi connectivity index (χ2v) is 9.54. The molecule has 0 N–H and O–H groups in total. The lowest BCUT2D eigenvalue weighted by Crippen LogP contribution is -2.02. The summed E-state index contributed by atoms with van der Waals surface area (Å²) in [4.78, 5) is 12.4. The molecule has 5 rings (SSSR count). The van der Waals surface area contributed by atoms with E-state index in [0.29, 0.717) is 18.5 Å². The molecular formula is C34H30N2O2. The van der Waals surface area contributed by atoms with E-state index >= 15 is 0 Å². The minimum Gasteiger partial charge on any atom is -0.465 e. The number of aromatic nitrogens is 1. The molecule has 0 atom stereocenters. The van der Waals surface area contributed by atoms with Crippen LogP contribution in [-0.4, -0.2) is 17.6 Å². The van der Waals surface area contributed by atoms with E-state index in [1.54, 1.807) is 0 Å². The van der Waals surface area contributed by atoms with Crippen LogP contribution in [0.25, 0.3) is 33.3 Å². The lowest BCUT2D eigenvalue weighted by atomic mass is 9.96. The van der Waals surface area contributed by atoms with Crippen LogP contribution in [0.4, 0.5) is 0 Å². The predicted octanol–water partition coefficient (Wildman–Crippen LogP) is 7.77. The van der Waals surface area contributed by atoms with Gasteiger partial charge in [0.25, 0.3) is 0 Å². The van der Waals surface area contributed by atoms with E-state index < -0.39 is 0 Å². The van der Waals surface area contributed by atoms with Crippen molar-refractivity contribution in [1.82, 2.24) is 4.57 Å². The summed E-state index contributed by atoms with van der Waals surface area (Å²) in [5.74, 6) is -0.352. The fourth-order valence-corrected chi connectivity index (χ4v) is 5.12. The number of methoxy groups -OCH3 is 1. The standard InChI is InChI=1S/C34H30N2O2/c1-24-9-11-25(12-10-24)13-19-30-31-23-29(34(37)38-2)18-20-32(31)36(22-6-21-35)33(30)28-16-14-27(15-17-28)26-7-4-3-5-8-26/h3-5,7-12,14-18,20,23H,6,13,19,22H2,1-2H3. The maximum atomic E-state index is 12.4. The van der Waals surface area contributed by atoms with Gasteiger partial charge in [0.05, 0.1) is 30.9 Å². The van der Waals surface area contributed by atoms with Crippen LogP contribution in [0.3, 0.4) is 0 Å². The maximum absolute atomic E-state index is 12.4. The summed E-state index contributed by atoms with van der Waals surface area (Å²) in [5, 5.41) is 10.5. The summed E-state index contributed by atoms with van der Waals surface area (Å²) in [6.45, 7) is 2.67. The lowest BCUT2D eigenvalue weighted by molar-refractivity contribution is 0.0601. The number of carbonyl (C=O) groups excluding carboxylic acids is 1. The Morgan fingerprint density at radius 1 is 0.842 bits per heavy atom. The van der Waals surface area contributed by atoms with Gasteiger partial charge in [0.15, 0.2) is 0 Å². The number of carbonyl (C=O) groups is 1. The SMILES string of the molecule is COC(=O)c1ccc2c(c1)c(CCc1ccc(C)cc1)c(-c1ccc(-c3ccccc3)cc1)n2CCC#N. The third-order valence-electron chi connectivity index (χ3n) is 7.09. The summed E-state index contributed by atoms with van der Waals surface area (Å²) >= 11 is 0. The number of nitrogens with zero attached hydrogens (tertiary/aromatic N) is 2. The van der Waals surface area contributed by atoms with Gasteiger partial charge in [0.2, 0.25) is 0 Å². The molecule has 0 fully saturated rings. The number of hydrogen-bond acceptors (Lipinski definition) is 3. The van der Waals surface area contributed by atoms with Crippen molar-refractivity contribution in [3.8, 4) is 28.5 Å². The van der Waals surface area contributed by atoms with Gasteiger partial charge >= 0.3 is 5.97 Å². The normalized spacial score (nSPS) is 10.9. The predicted molar refractivity (Wildman–Crippen MR) is 153 cm³/mol. The van der Waals surface area contributed by atoms with Crippen LogP contribution in [-0.2, 0) is 24.1 Å². The number of ether oxygens (including phenoxy) is 1. The minimum absolute atomic E-state index is 0.352. The van der Waals surface area contributed by atoms with E-state index in [0.717, 1.165) is 40.6 Å². The Morgan fingerprint density at radius 3 is 2.21 bits per heavy atom. The number of benzene rings is 4.